The molecule has 0 radical (unpaired) electrons. The topological polar surface area (TPSA) is 63.5 Å². The minimum atomic E-state index is -2.90. The minimum absolute atomic E-state index is 0.0704. The number of halogens is 3. The zero-order valence-electron chi connectivity index (χ0n) is 15.3. The molecule has 2 N–H and O–H groups in total. The molecule has 148 valence electrons. The van der Waals surface area contributed by atoms with Gasteiger partial charge in [0.25, 0.3) is 0 Å². The Balaban J connectivity index is 1.99. The van der Waals surface area contributed by atoms with E-state index in [0.717, 1.165) is 6.54 Å². The van der Waals surface area contributed by atoms with E-state index in [1.807, 2.05) is 23.9 Å². The van der Waals surface area contributed by atoms with Gasteiger partial charge in [0.1, 0.15) is 5.75 Å². The summed E-state index contributed by atoms with van der Waals surface area (Å²) in [6.45, 7) is 3.45. The Labute approximate surface area is 162 Å². The summed E-state index contributed by atoms with van der Waals surface area (Å²) in [7, 11) is 0. The lowest BCUT2D eigenvalue weighted by molar-refractivity contribution is -0.0504. The maximum Gasteiger partial charge on any atom is 0.387 e. The molecule has 0 aliphatic rings. The van der Waals surface area contributed by atoms with E-state index >= 15 is 0 Å². The van der Waals surface area contributed by atoms with Gasteiger partial charge >= 0.3 is 6.61 Å². The van der Waals surface area contributed by atoms with Gasteiger partial charge < -0.3 is 15.4 Å². The van der Waals surface area contributed by atoms with Crippen LogP contribution in [0.1, 0.15) is 19.4 Å². The molecule has 0 saturated heterocycles. The van der Waals surface area contributed by atoms with Gasteiger partial charge in [-0.3, -0.25) is 4.68 Å². The molecule has 0 aliphatic heterocycles. The van der Waals surface area contributed by atoms with Gasteiger partial charge in [0.2, 0.25) is 0 Å². The van der Waals surface area contributed by atoms with E-state index in [4.69, 9.17) is 11.6 Å². The Kier molecular flexibility index (Phi) is 8.32. The number of nitrogens with one attached hydrogen (secondary N) is 2. The first-order valence-corrected chi connectivity index (χ1v) is 9.08. The Hall–Kier alpha value is -2.35. The zero-order chi connectivity index (χ0) is 19.6. The Morgan fingerprint density at radius 3 is 2.85 bits per heavy atom. The van der Waals surface area contributed by atoms with Gasteiger partial charge in [-0.25, -0.2) is 4.99 Å². The molecule has 2 aromatic rings. The number of alkyl halides is 2. The van der Waals surface area contributed by atoms with Gasteiger partial charge in [0.15, 0.2) is 5.96 Å². The van der Waals surface area contributed by atoms with Crippen molar-refractivity contribution in [1.29, 1.82) is 0 Å². The largest absolute Gasteiger partial charge is 0.434 e. The average Bonchev–Trinajstić information content (AvgIpc) is 3.12. The van der Waals surface area contributed by atoms with E-state index in [9.17, 15) is 8.78 Å². The van der Waals surface area contributed by atoms with Crippen LogP contribution in [-0.4, -0.2) is 35.4 Å². The summed E-state index contributed by atoms with van der Waals surface area (Å²) in [5, 5.41) is 11.0. The van der Waals surface area contributed by atoms with Crippen LogP contribution in [0.4, 0.5) is 8.78 Å². The first-order chi connectivity index (χ1) is 13.0. The monoisotopic (exact) mass is 399 g/mol. The summed E-state index contributed by atoms with van der Waals surface area (Å²) in [5.74, 6) is 0.978. The van der Waals surface area contributed by atoms with Crippen molar-refractivity contribution in [3.8, 4) is 5.75 Å². The standard InChI is InChI=1S/C18H24ClF2N5O/c1-3-22-18(23-10-13(2)12-26-8-4-7-25-26)24-11-14-9-15(19)5-6-16(14)27-17(20)21/h4-9,13,17H,3,10-12H2,1-2H3,(H2,22,23,24). The van der Waals surface area contributed by atoms with Crippen LogP contribution in [0.5, 0.6) is 5.75 Å². The van der Waals surface area contributed by atoms with Gasteiger partial charge in [-0.15, -0.1) is 0 Å². The predicted molar refractivity (Wildman–Crippen MR) is 102 cm³/mol. The first-order valence-electron chi connectivity index (χ1n) is 8.70. The van der Waals surface area contributed by atoms with E-state index < -0.39 is 6.61 Å². The van der Waals surface area contributed by atoms with Crippen LogP contribution < -0.4 is 15.4 Å². The number of nitrogens with zero attached hydrogens (tertiary/aromatic N) is 3. The second kappa shape index (κ2) is 10.7. The third-order valence-corrected chi connectivity index (χ3v) is 3.90. The fourth-order valence-corrected chi connectivity index (χ4v) is 2.65. The molecular weight excluding hydrogens is 376 g/mol. The van der Waals surface area contributed by atoms with Gasteiger partial charge in [0.05, 0.1) is 6.54 Å². The van der Waals surface area contributed by atoms with Crippen molar-refractivity contribution in [3.63, 3.8) is 0 Å². The predicted octanol–water partition coefficient (Wildman–Crippen LogP) is 3.53. The van der Waals surface area contributed by atoms with E-state index in [0.29, 0.717) is 35.6 Å². The maximum atomic E-state index is 12.6. The number of aromatic nitrogens is 2. The first kappa shape index (κ1) is 21.0. The molecule has 27 heavy (non-hydrogen) atoms. The second-order valence-corrected chi connectivity index (χ2v) is 6.48. The number of ether oxygens (including phenoxy) is 1. The molecule has 6 nitrogen and oxygen atoms in total. The average molecular weight is 400 g/mol. The molecule has 0 fully saturated rings. The Morgan fingerprint density at radius 1 is 1.37 bits per heavy atom. The molecule has 9 heteroatoms. The lowest BCUT2D eigenvalue weighted by Gasteiger charge is -2.16. The van der Waals surface area contributed by atoms with Gasteiger partial charge in [0, 0.05) is 42.6 Å². The highest BCUT2D eigenvalue weighted by atomic mass is 35.5. The third-order valence-electron chi connectivity index (χ3n) is 3.67. The number of benzene rings is 1. The smallest absolute Gasteiger partial charge is 0.387 e. The van der Waals surface area contributed by atoms with Crippen molar-refractivity contribution in [2.24, 2.45) is 10.9 Å². The highest BCUT2D eigenvalue weighted by Crippen LogP contribution is 2.25. The van der Waals surface area contributed by atoms with Crippen molar-refractivity contribution in [3.05, 3.63) is 47.2 Å². The number of hydrogen-bond acceptors (Lipinski definition) is 3. The molecule has 0 amide bonds. The summed E-state index contributed by atoms with van der Waals surface area (Å²) in [5.41, 5.74) is 0.490. The number of guanidine groups is 1. The fourth-order valence-electron chi connectivity index (χ4n) is 2.45. The normalized spacial score (nSPS) is 12.9. The van der Waals surface area contributed by atoms with Crippen molar-refractivity contribution in [1.82, 2.24) is 20.4 Å². The molecule has 1 aromatic heterocycles. The van der Waals surface area contributed by atoms with E-state index in [-0.39, 0.29) is 12.3 Å². The quantitative estimate of drug-likeness (QED) is 0.500. The second-order valence-electron chi connectivity index (χ2n) is 6.04. The van der Waals surface area contributed by atoms with Crippen molar-refractivity contribution in [2.45, 2.75) is 33.5 Å². The molecule has 2 rings (SSSR count). The summed E-state index contributed by atoms with van der Waals surface area (Å²) >= 11 is 5.97. The Morgan fingerprint density at radius 2 is 2.19 bits per heavy atom. The molecule has 0 bridgehead atoms. The SMILES string of the molecule is CCNC(=NCc1cc(Cl)ccc1OC(F)F)NCC(C)Cn1cccn1. The summed E-state index contributed by atoms with van der Waals surface area (Å²) < 4.78 is 31.5. The van der Waals surface area contributed by atoms with E-state index in [1.54, 1.807) is 12.3 Å². The summed E-state index contributed by atoms with van der Waals surface area (Å²) in [6.07, 6.45) is 3.66. The van der Waals surface area contributed by atoms with Crippen LogP contribution in [0, 0.1) is 5.92 Å². The number of hydrogen-bond donors (Lipinski definition) is 2. The highest BCUT2D eigenvalue weighted by Gasteiger charge is 2.11. The molecule has 0 saturated carbocycles. The number of aliphatic imine (C=N–C) groups is 1. The lowest BCUT2D eigenvalue weighted by Crippen LogP contribution is -2.40. The van der Waals surface area contributed by atoms with Crippen molar-refractivity contribution < 1.29 is 13.5 Å². The van der Waals surface area contributed by atoms with Crippen LogP contribution in [0.25, 0.3) is 0 Å². The van der Waals surface area contributed by atoms with Crippen molar-refractivity contribution >= 4 is 17.6 Å². The van der Waals surface area contributed by atoms with Crippen LogP contribution >= 0.6 is 11.6 Å². The molecule has 0 spiro atoms. The van der Waals surface area contributed by atoms with Crippen LogP contribution in [0.3, 0.4) is 0 Å². The molecule has 0 aliphatic carbocycles. The van der Waals surface area contributed by atoms with Crippen LogP contribution in [0.2, 0.25) is 5.02 Å². The molecular formula is C18H24ClF2N5O. The maximum absolute atomic E-state index is 12.6. The third kappa shape index (κ3) is 7.42. The summed E-state index contributed by atoms with van der Waals surface area (Å²) in [4.78, 5) is 4.45. The van der Waals surface area contributed by atoms with E-state index in [1.165, 1.54) is 12.1 Å². The van der Waals surface area contributed by atoms with E-state index in [2.05, 4.69) is 32.4 Å². The highest BCUT2D eigenvalue weighted by molar-refractivity contribution is 6.30. The minimum Gasteiger partial charge on any atom is -0.434 e. The molecule has 1 atom stereocenters. The zero-order valence-corrected chi connectivity index (χ0v) is 16.1. The number of rotatable bonds is 9. The van der Waals surface area contributed by atoms with Crippen LogP contribution in [0.15, 0.2) is 41.7 Å². The lowest BCUT2D eigenvalue weighted by atomic mass is 10.2. The van der Waals surface area contributed by atoms with Gasteiger partial charge in [-0.1, -0.05) is 18.5 Å². The van der Waals surface area contributed by atoms with Crippen molar-refractivity contribution in [2.75, 3.05) is 13.1 Å². The Bertz CT molecular complexity index is 725. The molecule has 1 aromatic carbocycles. The summed E-state index contributed by atoms with van der Waals surface area (Å²) in [6, 6.07) is 6.39. The van der Waals surface area contributed by atoms with Crippen LogP contribution in [-0.2, 0) is 13.1 Å². The molecule has 1 heterocycles. The van der Waals surface area contributed by atoms with Gasteiger partial charge in [-0.05, 0) is 37.1 Å². The molecule has 1 unspecified atom stereocenters. The fraction of sp³-hybridized carbons (Fsp3) is 0.444. The van der Waals surface area contributed by atoms with Gasteiger partial charge in [-0.2, -0.15) is 13.9 Å².